The Kier molecular flexibility index (Phi) is 8.84. The second-order valence-corrected chi connectivity index (χ2v) is 8.79. The van der Waals surface area contributed by atoms with E-state index in [1.165, 1.54) is 26.2 Å². The largest absolute Gasteiger partial charge is 0.487 e. The number of amides is 2. The number of esters is 1. The predicted octanol–water partition coefficient (Wildman–Crippen LogP) is 4.00. The summed E-state index contributed by atoms with van der Waals surface area (Å²) in [5, 5.41) is 2.84. The first-order chi connectivity index (χ1) is 17.1. The molecule has 2 aromatic carbocycles. The van der Waals surface area contributed by atoms with E-state index in [9.17, 15) is 23.2 Å². The number of rotatable bonds is 9. The molecular formula is C26H30F2N2O6. The van der Waals surface area contributed by atoms with Gasteiger partial charge in [-0.15, -0.1) is 0 Å². The topological polar surface area (TPSA) is 94.2 Å². The summed E-state index contributed by atoms with van der Waals surface area (Å²) in [6.45, 7) is 2.66. The van der Waals surface area contributed by atoms with Crippen molar-refractivity contribution in [3.63, 3.8) is 0 Å². The standard InChI is InChI=1S/C26H30F2N2O6/c1-15(2)35-23-12-17(8-9-22(23)36-26(27)28)20-11-21(30(14-20)16(3)31)13-29-24(32)18-6-5-7-19(10-18)25(33)34-4/h5-10,12,15,20-21,26H,11,13-14H2,1-4H3,(H,29,32)/t20?,21-/m1/s1. The van der Waals surface area contributed by atoms with E-state index in [1.54, 1.807) is 49.1 Å². The third-order valence-electron chi connectivity index (χ3n) is 5.88. The second-order valence-electron chi connectivity index (χ2n) is 8.79. The summed E-state index contributed by atoms with van der Waals surface area (Å²) in [4.78, 5) is 38.5. The van der Waals surface area contributed by atoms with Gasteiger partial charge in [0.25, 0.3) is 5.91 Å². The zero-order valence-corrected chi connectivity index (χ0v) is 20.6. The van der Waals surface area contributed by atoms with E-state index in [0.29, 0.717) is 18.5 Å². The van der Waals surface area contributed by atoms with Gasteiger partial charge in [0.15, 0.2) is 11.5 Å². The number of ether oxygens (including phenoxy) is 3. The SMILES string of the molecule is COC(=O)c1cccc(C(=O)NC[C@H]2CC(c3ccc(OC(F)F)c(OC(C)C)c3)CN2C(C)=O)c1. The van der Waals surface area contributed by atoms with Gasteiger partial charge in [0.2, 0.25) is 5.91 Å². The van der Waals surface area contributed by atoms with Crippen molar-refractivity contribution in [2.75, 3.05) is 20.2 Å². The first-order valence-electron chi connectivity index (χ1n) is 11.6. The Morgan fingerprint density at radius 2 is 1.78 bits per heavy atom. The number of hydrogen-bond acceptors (Lipinski definition) is 6. The highest BCUT2D eigenvalue weighted by Gasteiger charge is 2.35. The van der Waals surface area contributed by atoms with Crippen LogP contribution in [0.3, 0.4) is 0 Å². The van der Waals surface area contributed by atoms with Crippen LogP contribution in [0.2, 0.25) is 0 Å². The molecule has 1 unspecified atom stereocenters. The molecule has 0 saturated carbocycles. The second kappa shape index (κ2) is 11.8. The van der Waals surface area contributed by atoms with Gasteiger partial charge < -0.3 is 24.4 Å². The number of halogens is 2. The van der Waals surface area contributed by atoms with Gasteiger partial charge in [-0.25, -0.2) is 4.79 Å². The predicted molar refractivity (Wildman–Crippen MR) is 127 cm³/mol. The zero-order valence-electron chi connectivity index (χ0n) is 20.6. The Bertz CT molecular complexity index is 1110. The van der Waals surface area contributed by atoms with Crippen LogP contribution in [-0.2, 0) is 9.53 Å². The van der Waals surface area contributed by atoms with E-state index in [-0.39, 0.29) is 53.5 Å². The molecular weight excluding hydrogens is 474 g/mol. The maximum atomic E-state index is 12.8. The lowest BCUT2D eigenvalue weighted by Crippen LogP contribution is -2.42. The number of alkyl halides is 2. The van der Waals surface area contributed by atoms with Gasteiger partial charge >= 0.3 is 12.6 Å². The highest BCUT2D eigenvalue weighted by Crippen LogP contribution is 2.37. The summed E-state index contributed by atoms with van der Waals surface area (Å²) in [5.74, 6) is -0.999. The van der Waals surface area contributed by atoms with Gasteiger partial charge in [-0.1, -0.05) is 12.1 Å². The highest BCUT2D eigenvalue weighted by atomic mass is 19.3. The van der Waals surface area contributed by atoms with Crippen molar-refractivity contribution in [1.82, 2.24) is 10.2 Å². The lowest BCUT2D eigenvalue weighted by Gasteiger charge is -2.23. The molecule has 1 aliphatic rings. The minimum absolute atomic E-state index is 0.0538. The summed E-state index contributed by atoms with van der Waals surface area (Å²) in [6.07, 6.45) is 0.302. The molecule has 10 heteroatoms. The van der Waals surface area contributed by atoms with Crippen LogP contribution in [0.5, 0.6) is 11.5 Å². The van der Waals surface area contributed by atoms with E-state index in [1.807, 2.05) is 0 Å². The lowest BCUT2D eigenvalue weighted by molar-refractivity contribution is -0.129. The first-order valence-corrected chi connectivity index (χ1v) is 11.6. The van der Waals surface area contributed by atoms with Gasteiger partial charge in [-0.05, 0) is 56.2 Å². The average molecular weight is 505 g/mol. The van der Waals surface area contributed by atoms with Crippen molar-refractivity contribution in [2.45, 2.75) is 51.9 Å². The molecule has 2 aromatic rings. The minimum atomic E-state index is -2.98. The molecule has 2 atom stereocenters. The summed E-state index contributed by atoms with van der Waals surface area (Å²) in [6, 6.07) is 10.7. The minimum Gasteiger partial charge on any atom is -0.487 e. The normalized spacial score (nSPS) is 17.3. The number of carbonyl (C=O) groups excluding carboxylic acids is 3. The summed E-state index contributed by atoms with van der Waals surface area (Å²) < 4.78 is 40.6. The molecule has 1 N–H and O–H groups in total. The number of hydrogen-bond donors (Lipinski definition) is 1. The quantitative estimate of drug-likeness (QED) is 0.519. The third kappa shape index (κ3) is 6.71. The van der Waals surface area contributed by atoms with Crippen molar-refractivity contribution in [3.8, 4) is 11.5 Å². The van der Waals surface area contributed by atoms with E-state index >= 15 is 0 Å². The number of methoxy groups -OCH3 is 1. The van der Waals surface area contributed by atoms with Crippen LogP contribution < -0.4 is 14.8 Å². The van der Waals surface area contributed by atoms with Crippen LogP contribution in [0.15, 0.2) is 42.5 Å². The molecule has 0 radical (unpaired) electrons. The average Bonchev–Trinajstić information content (AvgIpc) is 3.27. The molecule has 2 amide bonds. The van der Waals surface area contributed by atoms with Crippen molar-refractivity contribution in [1.29, 1.82) is 0 Å². The fourth-order valence-corrected chi connectivity index (χ4v) is 4.27. The maximum Gasteiger partial charge on any atom is 0.387 e. The maximum absolute atomic E-state index is 12.8. The van der Waals surface area contributed by atoms with Crippen LogP contribution in [0.25, 0.3) is 0 Å². The number of nitrogens with zero attached hydrogens (tertiary/aromatic N) is 1. The number of benzene rings is 2. The molecule has 8 nitrogen and oxygen atoms in total. The van der Waals surface area contributed by atoms with Crippen molar-refractivity contribution < 1.29 is 37.4 Å². The molecule has 36 heavy (non-hydrogen) atoms. The van der Waals surface area contributed by atoms with E-state index in [4.69, 9.17) is 9.47 Å². The molecule has 0 bridgehead atoms. The van der Waals surface area contributed by atoms with Gasteiger partial charge in [0.05, 0.1) is 18.8 Å². The van der Waals surface area contributed by atoms with E-state index in [0.717, 1.165) is 5.56 Å². The van der Waals surface area contributed by atoms with Crippen molar-refractivity contribution in [2.24, 2.45) is 0 Å². The molecule has 1 saturated heterocycles. The molecule has 1 aliphatic heterocycles. The Balaban J connectivity index is 1.73. The molecule has 0 spiro atoms. The Morgan fingerprint density at radius 3 is 2.42 bits per heavy atom. The van der Waals surface area contributed by atoms with Crippen LogP contribution in [0.4, 0.5) is 8.78 Å². The van der Waals surface area contributed by atoms with Crippen molar-refractivity contribution >= 4 is 17.8 Å². The fraction of sp³-hybridized carbons (Fsp3) is 0.423. The van der Waals surface area contributed by atoms with Crippen LogP contribution >= 0.6 is 0 Å². The van der Waals surface area contributed by atoms with Crippen LogP contribution in [-0.4, -0.2) is 61.6 Å². The Labute approximate surface area is 208 Å². The molecule has 0 aliphatic carbocycles. The van der Waals surface area contributed by atoms with Gasteiger partial charge in [-0.3, -0.25) is 9.59 Å². The van der Waals surface area contributed by atoms with Gasteiger partial charge in [-0.2, -0.15) is 8.78 Å². The number of likely N-dealkylation sites (tertiary alicyclic amines) is 1. The molecule has 1 fully saturated rings. The number of carbonyl (C=O) groups is 3. The summed E-state index contributed by atoms with van der Waals surface area (Å²) in [5.41, 5.74) is 1.38. The molecule has 0 aromatic heterocycles. The van der Waals surface area contributed by atoms with Crippen LogP contribution in [0.1, 0.15) is 59.4 Å². The van der Waals surface area contributed by atoms with Crippen LogP contribution in [0, 0.1) is 0 Å². The monoisotopic (exact) mass is 504 g/mol. The highest BCUT2D eigenvalue weighted by molar-refractivity contribution is 5.97. The fourth-order valence-electron chi connectivity index (χ4n) is 4.27. The zero-order chi connectivity index (χ0) is 26.4. The Hall–Kier alpha value is -3.69. The lowest BCUT2D eigenvalue weighted by atomic mass is 9.96. The Morgan fingerprint density at radius 1 is 1.06 bits per heavy atom. The summed E-state index contributed by atoms with van der Waals surface area (Å²) >= 11 is 0. The van der Waals surface area contributed by atoms with Gasteiger partial charge in [0.1, 0.15) is 0 Å². The van der Waals surface area contributed by atoms with E-state index in [2.05, 4.69) is 10.1 Å². The molecule has 3 rings (SSSR count). The summed E-state index contributed by atoms with van der Waals surface area (Å²) in [7, 11) is 1.26. The first kappa shape index (κ1) is 26.9. The van der Waals surface area contributed by atoms with Crippen molar-refractivity contribution in [3.05, 3.63) is 59.2 Å². The molecule has 194 valence electrons. The van der Waals surface area contributed by atoms with Gasteiger partial charge in [0, 0.05) is 37.5 Å². The smallest absolute Gasteiger partial charge is 0.387 e. The van der Waals surface area contributed by atoms with E-state index < -0.39 is 12.6 Å². The molecule has 1 heterocycles. The third-order valence-corrected chi connectivity index (χ3v) is 5.88. The number of nitrogens with one attached hydrogen (secondary N) is 1.